The fourth-order valence-corrected chi connectivity index (χ4v) is 3.35. The average Bonchev–Trinajstić information content (AvgIpc) is 3.01. The molecular weight excluding hydrogens is 274 g/mol. The summed E-state index contributed by atoms with van der Waals surface area (Å²) in [4.78, 5) is 10.5. The zero-order chi connectivity index (χ0) is 15.5. The van der Waals surface area contributed by atoms with Crippen LogP contribution in [0.3, 0.4) is 0 Å². The normalized spacial score (nSPS) is 18.2. The number of ether oxygens (including phenoxy) is 1. The number of nitrogens with zero attached hydrogens (tertiary/aromatic N) is 2. The lowest BCUT2D eigenvalue weighted by molar-refractivity contribution is 0.205. The highest BCUT2D eigenvalue weighted by molar-refractivity contribution is 5.41. The predicted octanol–water partition coefficient (Wildman–Crippen LogP) is 3.47. The first-order valence-electron chi connectivity index (χ1n) is 8.15. The van der Waals surface area contributed by atoms with Crippen LogP contribution in [0.5, 0.6) is 5.75 Å². The largest absolute Gasteiger partial charge is 0.497 e. The van der Waals surface area contributed by atoms with Crippen LogP contribution in [-0.4, -0.2) is 35.1 Å². The zero-order valence-corrected chi connectivity index (χ0v) is 13.7. The van der Waals surface area contributed by atoms with E-state index in [0.29, 0.717) is 0 Å². The van der Waals surface area contributed by atoms with Gasteiger partial charge in [0.2, 0.25) is 0 Å². The van der Waals surface area contributed by atoms with Crippen molar-refractivity contribution >= 4 is 0 Å². The first-order valence-corrected chi connectivity index (χ1v) is 8.15. The molecule has 0 saturated carbocycles. The summed E-state index contributed by atoms with van der Waals surface area (Å²) in [6.45, 7) is 6.62. The van der Waals surface area contributed by atoms with Crippen molar-refractivity contribution in [2.45, 2.75) is 39.2 Å². The van der Waals surface area contributed by atoms with Crippen molar-refractivity contribution in [2.24, 2.45) is 0 Å². The van der Waals surface area contributed by atoms with Gasteiger partial charge in [0, 0.05) is 18.7 Å². The van der Waals surface area contributed by atoms with E-state index >= 15 is 0 Å². The van der Waals surface area contributed by atoms with E-state index in [2.05, 4.69) is 46.9 Å². The molecule has 0 aliphatic carbocycles. The summed E-state index contributed by atoms with van der Waals surface area (Å²) in [5, 5.41) is 0. The van der Waals surface area contributed by atoms with Gasteiger partial charge in [-0.3, -0.25) is 4.90 Å². The van der Waals surface area contributed by atoms with Gasteiger partial charge in [0.15, 0.2) is 0 Å². The summed E-state index contributed by atoms with van der Waals surface area (Å²) in [7, 11) is 1.72. The molecule has 0 spiro atoms. The molecule has 1 atom stereocenters. The van der Waals surface area contributed by atoms with E-state index in [1.807, 2.05) is 6.33 Å². The van der Waals surface area contributed by atoms with E-state index in [9.17, 15) is 0 Å². The van der Waals surface area contributed by atoms with Gasteiger partial charge in [-0.25, -0.2) is 4.98 Å². The standard InChI is InChI=1S/C18H25N3O/c1-4-5-9-21-10-8-16-17(20-12-19-16)18(21)15-7-6-14(22-3)11-13(15)2/h6-7,11-12,18H,4-5,8-10H2,1-3H3,(H,19,20)/t18-/m0/s1. The van der Waals surface area contributed by atoms with Crippen molar-refractivity contribution in [3.05, 3.63) is 47.0 Å². The SMILES string of the molecule is CCCCN1CCc2[nH]cnc2[C@@H]1c1ccc(OC)cc1C. The van der Waals surface area contributed by atoms with Crippen molar-refractivity contribution in [1.29, 1.82) is 0 Å². The quantitative estimate of drug-likeness (QED) is 0.919. The molecule has 4 nitrogen and oxygen atoms in total. The van der Waals surface area contributed by atoms with Crippen LogP contribution in [0.2, 0.25) is 0 Å². The third kappa shape index (κ3) is 2.75. The van der Waals surface area contributed by atoms with Crippen molar-refractivity contribution in [3.63, 3.8) is 0 Å². The summed E-state index contributed by atoms with van der Waals surface area (Å²) in [5.41, 5.74) is 5.08. The van der Waals surface area contributed by atoms with Crippen LogP contribution in [0.15, 0.2) is 24.5 Å². The highest BCUT2D eigenvalue weighted by Crippen LogP contribution is 2.36. The second kappa shape index (κ2) is 6.53. The van der Waals surface area contributed by atoms with E-state index in [0.717, 1.165) is 25.3 Å². The maximum atomic E-state index is 5.35. The Labute approximate surface area is 132 Å². The van der Waals surface area contributed by atoms with E-state index in [4.69, 9.17) is 4.74 Å². The molecule has 4 heteroatoms. The molecular formula is C18H25N3O. The lowest BCUT2D eigenvalue weighted by Crippen LogP contribution is -2.37. The fourth-order valence-electron chi connectivity index (χ4n) is 3.35. The molecule has 1 N–H and O–H groups in total. The summed E-state index contributed by atoms with van der Waals surface area (Å²) >= 11 is 0. The molecule has 0 saturated heterocycles. The summed E-state index contributed by atoms with van der Waals surface area (Å²) < 4.78 is 5.35. The Hall–Kier alpha value is -1.81. The number of benzene rings is 1. The number of H-pyrrole nitrogens is 1. The molecule has 0 unspecified atom stereocenters. The minimum atomic E-state index is 0.257. The minimum Gasteiger partial charge on any atom is -0.497 e. The van der Waals surface area contributed by atoms with Gasteiger partial charge in [-0.15, -0.1) is 0 Å². The smallest absolute Gasteiger partial charge is 0.119 e. The molecule has 0 radical (unpaired) electrons. The molecule has 1 aliphatic heterocycles. The Morgan fingerprint density at radius 1 is 1.41 bits per heavy atom. The molecule has 0 amide bonds. The lowest BCUT2D eigenvalue weighted by atomic mass is 9.92. The second-order valence-electron chi connectivity index (χ2n) is 6.03. The molecule has 0 fully saturated rings. The third-order valence-corrected chi connectivity index (χ3v) is 4.60. The van der Waals surface area contributed by atoms with Gasteiger partial charge in [-0.1, -0.05) is 19.4 Å². The Morgan fingerprint density at radius 3 is 3.00 bits per heavy atom. The number of nitrogens with one attached hydrogen (secondary N) is 1. The maximum Gasteiger partial charge on any atom is 0.119 e. The van der Waals surface area contributed by atoms with Gasteiger partial charge in [-0.05, 0) is 43.1 Å². The average molecular weight is 299 g/mol. The first kappa shape index (κ1) is 15.1. The summed E-state index contributed by atoms with van der Waals surface area (Å²) in [6, 6.07) is 6.63. The number of unbranched alkanes of at least 4 members (excludes halogenated alkanes) is 1. The van der Waals surface area contributed by atoms with Crippen LogP contribution in [0, 0.1) is 6.92 Å². The van der Waals surface area contributed by atoms with E-state index < -0.39 is 0 Å². The number of methoxy groups -OCH3 is 1. The molecule has 1 aromatic carbocycles. The van der Waals surface area contributed by atoms with Gasteiger partial charge in [0.05, 0.1) is 25.2 Å². The Balaban J connectivity index is 2.00. The number of aromatic nitrogens is 2. The van der Waals surface area contributed by atoms with Crippen molar-refractivity contribution < 1.29 is 4.74 Å². The van der Waals surface area contributed by atoms with Crippen LogP contribution in [0.4, 0.5) is 0 Å². The Morgan fingerprint density at radius 2 is 2.27 bits per heavy atom. The lowest BCUT2D eigenvalue weighted by Gasteiger charge is -2.36. The number of hydrogen-bond acceptors (Lipinski definition) is 3. The van der Waals surface area contributed by atoms with E-state index in [1.165, 1.54) is 35.4 Å². The molecule has 1 aliphatic rings. The number of aromatic amines is 1. The van der Waals surface area contributed by atoms with Gasteiger partial charge >= 0.3 is 0 Å². The molecule has 22 heavy (non-hydrogen) atoms. The zero-order valence-electron chi connectivity index (χ0n) is 13.7. The van der Waals surface area contributed by atoms with Gasteiger partial charge in [0.1, 0.15) is 5.75 Å². The molecule has 3 rings (SSSR count). The highest BCUT2D eigenvalue weighted by atomic mass is 16.5. The van der Waals surface area contributed by atoms with Crippen LogP contribution in [0.1, 0.15) is 48.3 Å². The molecule has 2 aromatic rings. The first-order chi connectivity index (χ1) is 10.7. The van der Waals surface area contributed by atoms with Crippen LogP contribution >= 0.6 is 0 Å². The van der Waals surface area contributed by atoms with Crippen molar-refractivity contribution in [3.8, 4) is 5.75 Å². The number of hydrogen-bond donors (Lipinski definition) is 1. The minimum absolute atomic E-state index is 0.257. The monoisotopic (exact) mass is 299 g/mol. The topological polar surface area (TPSA) is 41.2 Å². The van der Waals surface area contributed by atoms with E-state index in [1.54, 1.807) is 7.11 Å². The van der Waals surface area contributed by atoms with Crippen molar-refractivity contribution in [2.75, 3.05) is 20.2 Å². The van der Waals surface area contributed by atoms with Gasteiger partial charge < -0.3 is 9.72 Å². The number of imidazole rings is 1. The fraction of sp³-hybridized carbons (Fsp3) is 0.500. The second-order valence-corrected chi connectivity index (χ2v) is 6.03. The van der Waals surface area contributed by atoms with Crippen LogP contribution in [-0.2, 0) is 6.42 Å². The Bertz CT molecular complexity index is 635. The molecule has 2 heterocycles. The van der Waals surface area contributed by atoms with Gasteiger partial charge in [-0.2, -0.15) is 0 Å². The summed E-state index contributed by atoms with van der Waals surface area (Å²) in [6.07, 6.45) is 5.34. The van der Waals surface area contributed by atoms with Crippen LogP contribution < -0.4 is 4.74 Å². The van der Waals surface area contributed by atoms with Gasteiger partial charge in [0.25, 0.3) is 0 Å². The van der Waals surface area contributed by atoms with E-state index in [-0.39, 0.29) is 6.04 Å². The maximum absolute atomic E-state index is 5.35. The third-order valence-electron chi connectivity index (χ3n) is 4.60. The molecule has 118 valence electrons. The molecule has 0 bridgehead atoms. The number of rotatable bonds is 5. The highest BCUT2D eigenvalue weighted by Gasteiger charge is 2.31. The molecule has 1 aromatic heterocycles. The van der Waals surface area contributed by atoms with Crippen LogP contribution in [0.25, 0.3) is 0 Å². The van der Waals surface area contributed by atoms with Crippen molar-refractivity contribution in [1.82, 2.24) is 14.9 Å². The Kier molecular flexibility index (Phi) is 4.48. The number of fused-ring (bicyclic) bond motifs is 1. The predicted molar refractivity (Wildman–Crippen MR) is 88.3 cm³/mol. The number of aryl methyl sites for hydroxylation is 1. The summed E-state index contributed by atoms with van der Waals surface area (Å²) in [5.74, 6) is 0.916.